The van der Waals surface area contributed by atoms with Gasteiger partial charge >= 0.3 is 0 Å². The van der Waals surface area contributed by atoms with Crippen molar-refractivity contribution in [2.75, 3.05) is 10.7 Å². The van der Waals surface area contributed by atoms with E-state index in [0.717, 1.165) is 41.8 Å². The summed E-state index contributed by atoms with van der Waals surface area (Å²) < 4.78 is 6.40. The second-order valence-corrected chi connectivity index (χ2v) is 8.48. The summed E-state index contributed by atoms with van der Waals surface area (Å²) in [5.41, 5.74) is 4.18. The van der Waals surface area contributed by atoms with Crippen molar-refractivity contribution in [3.8, 4) is 17.1 Å². The highest BCUT2D eigenvalue weighted by atomic mass is 32.2. The Morgan fingerprint density at radius 3 is 2.58 bits per heavy atom. The lowest BCUT2D eigenvalue weighted by atomic mass is 10.1. The number of carbonyl (C=O) groups is 1. The number of thioether (sulfide) groups is 1. The van der Waals surface area contributed by atoms with Gasteiger partial charge in [0, 0.05) is 23.8 Å². The van der Waals surface area contributed by atoms with Crippen molar-refractivity contribution in [1.82, 2.24) is 15.2 Å². The van der Waals surface area contributed by atoms with Crippen LogP contribution in [0.1, 0.15) is 51.0 Å². The van der Waals surface area contributed by atoms with Crippen molar-refractivity contribution in [2.45, 2.75) is 51.4 Å². The van der Waals surface area contributed by atoms with Gasteiger partial charge in [0.05, 0.1) is 5.69 Å². The first-order chi connectivity index (χ1) is 15.1. The number of para-hydroxylation sites is 1. The van der Waals surface area contributed by atoms with Gasteiger partial charge in [-0.25, -0.2) is 0 Å². The van der Waals surface area contributed by atoms with Gasteiger partial charge in [0.1, 0.15) is 0 Å². The maximum Gasteiger partial charge on any atom is 0.247 e. The van der Waals surface area contributed by atoms with Crippen LogP contribution in [0, 0.1) is 0 Å². The number of carbonyl (C=O) groups excluding carboxylic acids is 1. The van der Waals surface area contributed by atoms with Crippen molar-refractivity contribution in [3.05, 3.63) is 59.7 Å². The minimum Gasteiger partial charge on any atom is -0.447 e. The molecule has 1 amide bonds. The molecule has 1 aliphatic rings. The summed E-state index contributed by atoms with van der Waals surface area (Å²) in [7, 11) is 0. The smallest absolute Gasteiger partial charge is 0.247 e. The second kappa shape index (κ2) is 9.47. The van der Waals surface area contributed by atoms with Gasteiger partial charge in [0.15, 0.2) is 5.69 Å². The topological polar surface area (TPSA) is 68.2 Å². The lowest BCUT2D eigenvalue weighted by molar-refractivity contribution is -0.118. The van der Waals surface area contributed by atoms with E-state index in [1.807, 2.05) is 36.4 Å². The van der Waals surface area contributed by atoms with E-state index in [0.29, 0.717) is 16.7 Å². The van der Waals surface area contributed by atoms with Crippen molar-refractivity contribution in [3.63, 3.8) is 0 Å². The first kappa shape index (κ1) is 21.3. The predicted molar refractivity (Wildman–Crippen MR) is 123 cm³/mol. The van der Waals surface area contributed by atoms with E-state index in [9.17, 15) is 4.79 Å². The largest absolute Gasteiger partial charge is 0.447 e. The molecule has 0 bridgehead atoms. The van der Waals surface area contributed by atoms with Gasteiger partial charge in [-0.05, 0) is 24.5 Å². The van der Waals surface area contributed by atoms with Crippen LogP contribution in [0.5, 0.6) is 5.88 Å². The van der Waals surface area contributed by atoms with E-state index >= 15 is 0 Å². The summed E-state index contributed by atoms with van der Waals surface area (Å²) in [6.07, 6.45) is 2.50. The molecule has 7 heteroatoms. The molecule has 6 nitrogen and oxygen atoms in total. The first-order valence-electron chi connectivity index (χ1n) is 10.6. The number of nitrogens with zero attached hydrogens (tertiary/aromatic N) is 4. The van der Waals surface area contributed by atoms with E-state index in [4.69, 9.17) is 4.74 Å². The molecule has 1 atom stereocenters. The molecule has 3 aromatic rings. The van der Waals surface area contributed by atoms with Crippen LogP contribution in [-0.2, 0) is 11.2 Å². The molecule has 2 aromatic carbocycles. The molecule has 0 saturated carbocycles. The number of hydrogen-bond donors (Lipinski definition) is 0. The number of anilines is 1. The summed E-state index contributed by atoms with van der Waals surface area (Å²) in [4.78, 5) is 19.1. The molecule has 1 aliphatic heterocycles. The van der Waals surface area contributed by atoms with Gasteiger partial charge in [0.25, 0.3) is 0 Å². The van der Waals surface area contributed by atoms with E-state index < -0.39 is 6.23 Å². The molecule has 4 rings (SSSR count). The van der Waals surface area contributed by atoms with Crippen LogP contribution in [0.4, 0.5) is 5.69 Å². The van der Waals surface area contributed by atoms with E-state index in [2.05, 4.69) is 41.2 Å². The van der Waals surface area contributed by atoms with Gasteiger partial charge in [-0.15, -0.1) is 10.2 Å². The second-order valence-electron chi connectivity index (χ2n) is 7.42. The Morgan fingerprint density at radius 2 is 1.87 bits per heavy atom. The number of aromatic nitrogens is 3. The zero-order chi connectivity index (χ0) is 21.8. The fourth-order valence-electron chi connectivity index (χ4n) is 3.56. The highest BCUT2D eigenvalue weighted by Crippen LogP contribution is 2.43. The number of amides is 1. The number of ether oxygens (including phenoxy) is 1. The lowest BCUT2D eigenvalue weighted by Crippen LogP contribution is -2.36. The van der Waals surface area contributed by atoms with Crippen molar-refractivity contribution in [1.29, 1.82) is 0 Å². The van der Waals surface area contributed by atoms with Gasteiger partial charge in [-0.3, -0.25) is 9.69 Å². The van der Waals surface area contributed by atoms with Crippen LogP contribution < -0.4 is 9.64 Å². The lowest BCUT2D eigenvalue weighted by Gasteiger charge is -2.30. The summed E-state index contributed by atoms with van der Waals surface area (Å²) in [5, 5.41) is 9.35. The summed E-state index contributed by atoms with van der Waals surface area (Å²) in [5.74, 6) is 1.21. The Balaban J connectivity index is 1.83. The molecular formula is C24H26N4O2S. The predicted octanol–water partition coefficient (Wildman–Crippen LogP) is 5.44. The molecule has 0 radical (unpaired) electrons. The summed E-state index contributed by atoms with van der Waals surface area (Å²) in [6, 6.07) is 15.8. The number of rotatable bonds is 6. The average molecular weight is 435 g/mol. The van der Waals surface area contributed by atoms with Gasteiger partial charge in [-0.1, -0.05) is 74.5 Å². The zero-order valence-corrected chi connectivity index (χ0v) is 18.9. The molecule has 0 spiro atoms. The van der Waals surface area contributed by atoms with Crippen molar-refractivity contribution in [2.24, 2.45) is 0 Å². The van der Waals surface area contributed by atoms with Crippen LogP contribution in [0.3, 0.4) is 0 Å². The SMILES string of the molecule is CCCCSc1nnc2c(n1)O[C@@H](c1ccc(CC)cc1)N(C(C)=O)c1ccccc1-2. The van der Waals surface area contributed by atoms with Crippen LogP contribution in [-0.4, -0.2) is 26.8 Å². The van der Waals surface area contributed by atoms with Gasteiger partial charge in [-0.2, -0.15) is 4.98 Å². The van der Waals surface area contributed by atoms with E-state index in [1.54, 1.807) is 23.6 Å². The molecule has 31 heavy (non-hydrogen) atoms. The number of benzene rings is 2. The first-order valence-corrected chi connectivity index (χ1v) is 11.6. The minimum atomic E-state index is -0.643. The highest BCUT2D eigenvalue weighted by Gasteiger charge is 2.34. The monoisotopic (exact) mass is 434 g/mol. The number of hydrogen-bond acceptors (Lipinski definition) is 6. The highest BCUT2D eigenvalue weighted by molar-refractivity contribution is 7.99. The third-order valence-corrected chi connectivity index (χ3v) is 6.18. The molecule has 0 saturated heterocycles. The summed E-state index contributed by atoms with van der Waals surface area (Å²) in [6.45, 7) is 5.82. The van der Waals surface area contributed by atoms with Gasteiger partial charge in [0.2, 0.25) is 23.2 Å². The molecule has 0 aliphatic carbocycles. The molecule has 0 fully saturated rings. The van der Waals surface area contributed by atoms with Crippen molar-refractivity contribution < 1.29 is 9.53 Å². The minimum absolute atomic E-state index is 0.115. The average Bonchev–Trinajstić information content (AvgIpc) is 2.93. The molecule has 160 valence electrons. The van der Waals surface area contributed by atoms with E-state index in [-0.39, 0.29) is 5.91 Å². The maximum absolute atomic E-state index is 12.8. The molecule has 0 N–H and O–H groups in total. The van der Waals surface area contributed by atoms with Crippen molar-refractivity contribution >= 4 is 23.4 Å². The van der Waals surface area contributed by atoms with Crippen LogP contribution in [0.15, 0.2) is 53.7 Å². The zero-order valence-electron chi connectivity index (χ0n) is 18.0. The van der Waals surface area contributed by atoms with Crippen LogP contribution in [0.2, 0.25) is 0 Å². The Bertz CT molecular complexity index is 1070. The molecule has 2 heterocycles. The van der Waals surface area contributed by atoms with Crippen LogP contribution >= 0.6 is 11.8 Å². The Hall–Kier alpha value is -2.93. The third kappa shape index (κ3) is 4.42. The molecule has 0 unspecified atom stereocenters. The quantitative estimate of drug-likeness (QED) is 0.380. The van der Waals surface area contributed by atoms with Gasteiger partial charge < -0.3 is 4.74 Å². The molecule has 1 aromatic heterocycles. The Kier molecular flexibility index (Phi) is 6.51. The Morgan fingerprint density at radius 1 is 1.10 bits per heavy atom. The molecular weight excluding hydrogens is 408 g/mol. The number of unbranched alkanes of at least 4 members (excludes halogenated alkanes) is 1. The number of aryl methyl sites for hydroxylation is 1. The maximum atomic E-state index is 12.8. The fourth-order valence-corrected chi connectivity index (χ4v) is 4.42. The number of fused-ring (bicyclic) bond motifs is 3. The van der Waals surface area contributed by atoms with E-state index in [1.165, 1.54) is 5.56 Å². The Labute approximate surface area is 187 Å². The normalized spacial score (nSPS) is 14.9. The summed E-state index contributed by atoms with van der Waals surface area (Å²) >= 11 is 1.57. The fraction of sp³-hybridized carbons (Fsp3) is 0.333. The standard InChI is InChI=1S/C24H26N4O2S/c1-4-6-15-31-24-25-22-21(26-27-24)19-9-7-8-10-20(19)28(16(3)29)23(30-22)18-13-11-17(5-2)12-14-18/h7-14,23H,4-6,15H2,1-3H3/t23-/m0/s1. The third-order valence-electron chi connectivity index (χ3n) is 5.25. The van der Waals surface area contributed by atoms with Crippen LogP contribution in [0.25, 0.3) is 11.3 Å².